The molecule has 168 valence electrons. The number of benzene rings is 1. The zero-order chi connectivity index (χ0) is 21.4. The SMILES string of the molecule is CCCCCCCCCc1cccc(SP([O-])([O-])=S)c1CCCCCCCCC.[Zn+2]. The van der Waals surface area contributed by atoms with Crippen LogP contribution in [0.4, 0.5) is 0 Å². The second-order valence-electron chi connectivity index (χ2n) is 8.17. The summed E-state index contributed by atoms with van der Waals surface area (Å²) in [6, 6.07) is 6.13. The molecule has 0 heterocycles. The molecule has 1 rings (SSSR count). The largest absolute Gasteiger partial charge is 2.00 e. The van der Waals surface area contributed by atoms with Crippen molar-refractivity contribution < 1.29 is 29.3 Å². The van der Waals surface area contributed by atoms with Gasteiger partial charge in [0.1, 0.15) is 0 Å². The second kappa shape index (κ2) is 19.3. The summed E-state index contributed by atoms with van der Waals surface area (Å²) in [5.74, 6) is 0. The molecular weight excluding hydrogens is 481 g/mol. The van der Waals surface area contributed by atoms with Crippen LogP contribution < -0.4 is 9.79 Å². The second-order valence-corrected chi connectivity index (χ2v) is 13.8. The molecule has 0 aliphatic heterocycles. The fourth-order valence-electron chi connectivity index (χ4n) is 3.87. The van der Waals surface area contributed by atoms with Crippen LogP contribution in [0.25, 0.3) is 0 Å². The third kappa shape index (κ3) is 15.5. The first-order valence-electron chi connectivity index (χ1n) is 11.8. The van der Waals surface area contributed by atoms with Gasteiger partial charge in [-0.3, -0.25) is 0 Å². The topological polar surface area (TPSA) is 46.1 Å². The molecule has 0 atom stereocenters. The summed E-state index contributed by atoms with van der Waals surface area (Å²) >= 11 is 5.57. The molecule has 0 saturated carbocycles. The van der Waals surface area contributed by atoms with E-state index in [-0.39, 0.29) is 19.5 Å². The summed E-state index contributed by atoms with van der Waals surface area (Å²) in [6.07, 6.45) is 20.0. The van der Waals surface area contributed by atoms with Crippen LogP contribution in [-0.2, 0) is 44.1 Å². The summed E-state index contributed by atoms with van der Waals surface area (Å²) in [6.45, 7) is 4.50. The van der Waals surface area contributed by atoms with Crippen molar-refractivity contribution in [2.24, 2.45) is 0 Å². The summed E-state index contributed by atoms with van der Waals surface area (Å²) < 4.78 is 0. The van der Waals surface area contributed by atoms with Gasteiger partial charge in [0.2, 0.25) is 0 Å². The van der Waals surface area contributed by atoms with E-state index in [2.05, 4.69) is 31.7 Å². The smallest absolute Gasteiger partial charge is 0.824 e. The van der Waals surface area contributed by atoms with Gasteiger partial charge in [0.15, 0.2) is 0 Å². The van der Waals surface area contributed by atoms with Crippen molar-refractivity contribution in [3.8, 4) is 0 Å². The summed E-state index contributed by atoms with van der Waals surface area (Å²) in [7, 11) is 0. The maximum absolute atomic E-state index is 11.7. The average molecular weight is 522 g/mol. The van der Waals surface area contributed by atoms with Crippen molar-refractivity contribution in [2.45, 2.75) is 121 Å². The summed E-state index contributed by atoms with van der Waals surface area (Å²) in [5.41, 5.74) is -1.22. The molecule has 0 bridgehead atoms. The van der Waals surface area contributed by atoms with E-state index in [1.54, 1.807) is 0 Å². The maximum Gasteiger partial charge on any atom is 2.00 e. The Labute approximate surface area is 208 Å². The fourth-order valence-corrected chi connectivity index (χ4v) is 6.55. The quantitative estimate of drug-likeness (QED) is 0.115. The van der Waals surface area contributed by atoms with Crippen LogP contribution in [0.3, 0.4) is 0 Å². The Bertz CT molecular complexity index is 593. The monoisotopic (exact) mass is 520 g/mol. The Morgan fingerprint density at radius 3 is 1.70 bits per heavy atom. The Balaban J connectivity index is 0.00000841. The van der Waals surface area contributed by atoms with Crippen LogP contribution in [0.2, 0.25) is 0 Å². The minimum Gasteiger partial charge on any atom is -0.824 e. The molecule has 0 saturated heterocycles. The molecule has 0 aromatic heterocycles. The molecule has 0 unspecified atom stereocenters. The van der Waals surface area contributed by atoms with E-state index in [4.69, 9.17) is 0 Å². The van der Waals surface area contributed by atoms with Crippen molar-refractivity contribution in [1.29, 1.82) is 0 Å². The molecule has 0 N–H and O–H groups in total. The third-order valence-electron chi connectivity index (χ3n) is 5.52. The van der Waals surface area contributed by atoms with Gasteiger partial charge in [-0.1, -0.05) is 103 Å². The zero-order valence-corrected chi connectivity index (χ0v) is 24.8. The molecule has 6 heteroatoms. The molecule has 0 aliphatic carbocycles. The van der Waals surface area contributed by atoms with Gasteiger partial charge in [0, 0.05) is 4.90 Å². The van der Waals surface area contributed by atoms with E-state index in [1.165, 1.54) is 94.6 Å². The van der Waals surface area contributed by atoms with Crippen molar-refractivity contribution in [2.75, 3.05) is 0 Å². The average Bonchev–Trinajstić information content (AvgIpc) is 2.67. The van der Waals surface area contributed by atoms with E-state index in [1.807, 2.05) is 12.1 Å². The molecule has 30 heavy (non-hydrogen) atoms. The van der Waals surface area contributed by atoms with Crippen molar-refractivity contribution >= 4 is 28.9 Å². The van der Waals surface area contributed by atoms with Crippen LogP contribution in [0.1, 0.15) is 115 Å². The summed E-state index contributed by atoms with van der Waals surface area (Å²) in [4.78, 5) is 24.3. The fraction of sp³-hybridized carbons (Fsp3) is 0.750. The van der Waals surface area contributed by atoms with E-state index < -0.39 is 5.69 Å². The normalized spacial score (nSPS) is 11.5. The predicted octanol–water partition coefficient (Wildman–Crippen LogP) is 7.31. The van der Waals surface area contributed by atoms with E-state index in [9.17, 15) is 9.79 Å². The van der Waals surface area contributed by atoms with Gasteiger partial charge in [0.25, 0.3) is 0 Å². The predicted molar refractivity (Wildman–Crippen MR) is 130 cm³/mol. The molecule has 0 fully saturated rings. The van der Waals surface area contributed by atoms with Gasteiger partial charge in [0.05, 0.1) is 0 Å². The number of rotatable bonds is 18. The van der Waals surface area contributed by atoms with Gasteiger partial charge < -0.3 is 9.79 Å². The third-order valence-corrected chi connectivity index (χ3v) is 8.25. The zero-order valence-electron chi connectivity index (χ0n) is 19.3. The minimum atomic E-state index is -3.79. The molecule has 0 spiro atoms. The van der Waals surface area contributed by atoms with Gasteiger partial charge in [-0.2, -0.15) is 5.69 Å². The standard InChI is InChI=1S/C24H43O2PS2.Zn/c1-3-5-7-9-11-13-15-18-22-19-17-21-24(29-27(25,26)28)23(22)20-16-14-12-10-8-6-4-2;/h17,19,21H,3-16,18,20H2,1-2H3,(H2,25,26,28);/q;+2/p-2. The first kappa shape index (κ1) is 30.8. The molecule has 0 amide bonds. The summed E-state index contributed by atoms with van der Waals surface area (Å²) in [5, 5.41) is 0. The number of hydrogen-bond acceptors (Lipinski definition) is 4. The van der Waals surface area contributed by atoms with E-state index in [0.29, 0.717) is 0 Å². The molecule has 0 aliphatic rings. The molecule has 1 aromatic carbocycles. The number of aryl methyl sites for hydroxylation is 1. The van der Waals surface area contributed by atoms with Crippen LogP contribution in [0, 0.1) is 0 Å². The molecule has 1 aromatic rings. The van der Waals surface area contributed by atoms with Gasteiger partial charge in [-0.05, 0) is 42.9 Å². The molecule has 2 nitrogen and oxygen atoms in total. The Kier molecular flexibility index (Phi) is 19.7. The van der Waals surface area contributed by atoms with Crippen molar-refractivity contribution in [3.63, 3.8) is 0 Å². The Morgan fingerprint density at radius 1 is 0.733 bits per heavy atom. The van der Waals surface area contributed by atoms with Crippen LogP contribution in [-0.4, -0.2) is 0 Å². The Hall–Kier alpha value is 0.763. The minimum absolute atomic E-state index is 0. The van der Waals surface area contributed by atoms with Crippen molar-refractivity contribution in [3.05, 3.63) is 29.3 Å². The van der Waals surface area contributed by atoms with Gasteiger partial charge >= 0.3 is 19.5 Å². The number of unbranched alkanes of at least 4 members (excludes halogenated alkanes) is 12. The van der Waals surface area contributed by atoms with Gasteiger partial charge in [-0.25, -0.2) is 0 Å². The first-order chi connectivity index (χ1) is 14.0. The van der Waals surface area contributed by atoms with E-state index >= 15 is 0 Å². The first-order valence-corrected chi connectivity index (χ1v) is 15.9. The Morgan fingerprint density at radius 2 is 1.20 bits per heavy atom. The van der Waals surface area contributed by atoms with Crippen LogP contribution >= 0.6 is 17.1 Å². The van der Waals surface area contributed by atoms with Crippen LogP contribution in [0.15, 0.2) is 23.1 Å². The molecule has 0 radical (unpaired) electrons. The van der Waals surface area contributed by atoms with Crippen LogP contribution in [0.5, 0.6) is 0 Å². The molecular formula is C24H41O2PS2Zn. The van der Waals surface area contributed by atoms with Gasteiger partial charge in [-0.15, -0.1) is 23.2 Å². The maximum atomic E-state index is 11.7. The van der Waals surface area contributed by atoms with Crippen molar-refractivity contribution in [1.82, 2.24) is 0 Å². The van der Waals surface area contributed by atoms with E-state index in [0.717, 1.165) is 35.5 Å². The number of hydrogen-bond donors (Lipinski definition) is 0.